The van der Waals surface area contributed by atoms with Gasteiger partial charge >= 0.3 is 11.9 Å². The minimum absolute atomic E-state index is 0.0879. The Hall–Kier alpha value is -1.18. The van der Waals surface area contributed by atoms with E-state index in [9.17, 15) is 9.59 Å². The van der Waals surface area contributed by atoms with Crippen LogP contribution in [0.25, 0.3) is 0 Å². The number of esters is 2. The highest BCUT2D eigenvalue weighted by Gasteiger charge is 2.51. The van der Waals surface area contributed by atoms with Gasteiger partial charge in [-0.15, -0.1) is 0 Å². The van der Waals surface area contributed by atoms with Gasteiger partial charge in [0.05, 0.1) is 19.3 Å². The second kappa shape index (κ2) is 8.61. The van der Waals surface area contributed by atoms with Crippen LogP contribution >= 0.6 is 0 Å². The van der Waals surface area contributed by atoms with Crippen LogP contribution in [0.4, 0.5) is 0 Å². The second-order valence-corrected chi connectivity index (χ2v) is 5.82. The van der Waals surface area contributed by atoms with Crippen LogP contribution < -0.4 is 5.32 Å². The Balaban J connectivity index is 1.95. The van der Waals surface area contributed by atoms with Crippen LogP contribution in [-0.4, -0.2) is 56.2 Å². The average Bonchev–Trinajstić information content (AvgIpc) is 2.57. The van der Waals surface area contributed by atoms with Crippen molar-refractivity contribution in [2.24, 2.45) is 0 Å². The van der Waals surface area contributed by atoms with Crippen LogP contribution in [0.1, 0.15) is 46.0 Å². The van der Waals surface area contributed by atoms with Gasteiger partial charge in [0.1, 0.15) is 0 Å². The number of carbonyl (C=O) groups excluding carboxylic acids is 2. The molecule has 0 amide bonds. The lowest BCUT2D eigenvalue weighted by atomic mass is 9.87. The van der Waals surface area contributed by atoms with Crippen molar-refractivity contribution in [1.82, 2.24) is 5.32 Å². The van der Waals surface area contributed by atoms with Crippen molar-refractivity contribution in [3.05, 3.63) is 0 Å². The molecule has 2 heterocycles. The number of piperidine rings is 1. The van der Waals surface area contributed by atoms with Gasteiger partial charge in [0.25, 0.3) is 0 Å². The highest BCUT2D eigenvalue weighted by molar-refractivity contribution is 6.05. The Bertz CT molecular complexity index is 379. The van der Waals surface area contributed by atoms with E-state index in [1.807, 2.05) is 0 Å². The third-order valence-electron chi connectivity index (χ3n) is 4.20. The first-order chi connectivity index (χ1) is 11.1. The van der Waals surface area contributed by atoms with E-state index in [0.717, 1.165) is 25.9 Å². The summed E-state index contributed by atoms with van der Waals surface area (Å²) < 4.78 is 21.6. The highest BCUT2D eigenvalue weighted by atomic mass is 16.7. The van der Waals surface area contributed by atoms with Gasteiger partial charge in [-0.05, 0) is 46.0 Å². The van der Waals surface area contributed by atoms with Crippen LogP contribution in [-0.2, 0) is 28.5 Å². The molecule has 2 atom stereocenters. The second-order valence-electron chi connectivity index (χ2n) is 5.82. The van der Waals surface area contributed by atoms with E-state index in [1.165, 1.54) is 0 Å². The van der Waals surface area contributed by atoms with Crippen molar-refractivity contribution in [1.29, 1.82) is 0 Å². The molecule has 2 aliphatic rings. The number of rotatable bonds is 6. The zero-order chi connectivity index (χ0) is 16.7. The molecule has 0 radical (unpaired) electrons. The highest BCUT2D eigenvalue weighted by Crippen LogP contribution is 2.26. The van der Waals surface area contributed by atoms with Crippen molar-refractivity contribution >= 4 is 11.9 Å². The zero-order valence-corrected chi connectivity index (χ0v) is 14.0. The summed E-state index contributed by atoms with van der Waals surface area (Å²) in [7, 11) is 0. The molecule has 0 aromatic heterocycles. The molecule has 2 aliphatic heterocycles. The predicted molar refractivity (Wildman–Crippen MR) is 81.7 cm³/mol. The molecule has 0 aliphatic carbocycles. The minimum Gasteiger partial charge on any atom is -0.464 e. The van der Waals surface area contributed by atoms with Gasteiger partial charge in [0.15, 0.2) is 6.29 Å². The van der Waals surface area contributed by atoms with Crippen LogP contribution in [0.3, 0.4) is 0 Å². The lowest BCUT2D eigenvalue weighted by Gasteiger charge is -2.38. The summed E-state index contributed by atoms with van der Waals surface area (Å²) in [6, 6.07) is 0. The molecule has 2 saturated heterocycles. The van der Waals surface area contributed by atoms with E-state index in [2.05, 4.69) is 5.32 Å². The Morgan fingerprint density at radius 3 is 2.30 bits per heavy atom. The van der Waals surface area contributed by atoms with Crippen molar-refractivity contribution < 1.29 is 28.5 Å². The summed E-state index contributed by atoms with van der Waals surface area (Å²) in [5.41, 5.74) is -1.42. The quantitative estimate of drug-likeness (QED) is 0.578. The average molecular weight is 329 g/mol. The number of hydrogen-bond acceptors (Lipinski definition) is 7. The van der Waals surface area contributed by atoms with E-state index >= 15 is 0 Å². The molecule has 2 fully saturated rings. The predicted octanol–water partition coefficient (Wildman–Crippen LogP) is 1.15. The first-order valence-corrected chi connectivity index (χ1v) is 8.49. The maximum atomic E-state index is 12.3. The zero-order valence-electron chi connectivity index (χ0n) is 14.0. The maximum Gasteiger partial charge on any atom is 0.338 e. The van der Waals surface area contributed by atoms with Gasteiger partial charge < -0.3 is 18.9 Å². The fourth-order valence-electron chi connectivity index (χ4n) is 2.95. The molecular weight excluding hydrogens is 302 g/mol. The summed E-state index contributed by atoms with van der Waals surface area (Å²) in [5.74, 6) is -1.16. The van der Waals surface area contributed by atoms with Gasteiger partial charge in [-0.1, -0.05) is 0 Å². The number of nitrogens with one attached hydrogen (secondary N) is 1. The first-order valence-electron chi connectivity index (χ1n) is 8.49. The van der Waals surface area contributed by atoms with E-state index in [4.69, 9.17) is 18.9 Å². The topological polar surface area (TPSA) is 83.1 Å². The third-order valence-corrected chi connectivity index (χ3v) is 4.20. The fourth-order valence-corrected chi connectivity index (χ4v) is 2.95. The van der Waals surface area contributed by atoms with E-state index in [1.54, 1.807) is 13.8 Å². The van der Waals surface area contributed by atoms with E-state index < -0.39 is 17.5 Å². The Kier molecular flexibility index (Phi) is 6.80. The molecule has 7 nitrogen and oxygen atoms in total. The first kappa shape index (κ1) is 18.2. The van der Waals surface area contributed by atoms with Gasteiger partial charge in [-0.25, -0.2) is 9.59 Å². The van der Waals surface area contributed by atoms with Gasteiger partial charge in [-0.2, -0.15) is 0 Å². The maximum absolute atomic E-state index is 12.3. The smallest absolute Gasteiger partial charge is 0.338 e. The van der Waals surface area contributed by atoms with Crippen LogP contribution in [0, 0.1) is 0 Å². The van der Waals surface area contributed by atoms with Crippen molar-refractivity contribution in [2.75, 3.05) is 26.4 Å². The normalized spacial score (nSPS) is 27.2. The molecule has 2 rings (SSSR count). The molecule has 0 spiro atoms. The fraction of sp³-hybridized carbons (Fsp3) is 0.875. The Labute approximate surface area is 137 Å². The molecule has 0 saturated carbocycles. The Morgan fingerprint density at radius 1 is 1.13 bits per heavy atom. The Morgan fingerprint density at radius 2 is 1.83 bits per heavy atom. The molecule has 0 aromatic carbocycles. The van der Waals surface area contributed by atoms with E-state index in [-0.39, 0.29) is 25.6 Å². The molecule has 23 heavy (non-hydrogen) atoms. The van der Waals surface area contributed by atoms with Crippen molar-refractivity contribution in [3.63, 3.8) is 0 Å². The van der Waals surface area contributed by atoms with Crippen molar-refractivity contribution in [3.8, 4) is 0 Å². The number of hydrogen-bond donors (Lipinski definition) is 1. The molecule has 0 aromatic rings. The minimum atomic E-state index is -1.42. The molecule has 1 unspecified atom stereocenters. The molecule has 7 heteroatoms. The van der Waals surface area contributed by atoms with Gasteiger partial charge in [0.2, 0.25) is 5.54 Å². The third kappa shape index (κ3) is 4.43. The molecule has 1 N–H and O–H groups in total. The standard InChI is InChI=1S/C16H27NO6/c1-3-20-14(18)16(15(19)21-4-2)9-8-12(11-17-16)23-13-7-5-6-10-22-13/h12-13,17H,3-11H2,1-2H3/t12-,13?/m0/s1. The lowest BCUT2D eigenvalue weighted by molar-refractivity contribution is -0.197. The largest absolute Gasteiger partial charge is 0.464 e. The summed E-state index contributed by atoms with van der Waals surface area (Å²) in [4.78, 5) is 24.6. The SMILES string of the molecule is CCOC(=O)C1(C(=O)OCC)CC[C@H](OC2CCCCO2)CN1. The van der Waals surface area contributed by atoms with Crippen LogP contribution in [0.2, 0.25) is 0 Å². The van der Waals surface area contributed by atoms with Crippen LogP contribution in [0.15, 0.2) is 0 Å². The van der Waals surface area contributed by atoms with Gasteiger partial charge in [0, 0.05) is 13.2 Å². The summed E-state index contributed by atoms with van der Waals surface area (Å²) in [6.45, 7) is 4.98. The van der Waals surface area contributed by atoms with Gasteiger partial charge in [-0.3, -0.25) is 5.32 Å². The summed E-state index contributed by atoms with van der Waals surface area (Å²) in [6.07, 6.45) is 3.64. The monoisotopic (exact) mass is 329 g/mol. The summed E-state index contributed by atoms with van der Waals surface area (Å²) in [5, 5.41) is 3.01. The molecule has 132 valence electrons. The lowest BCUT2D eigenvalue weighted by Crippen LogP contribution is -2.64. The number of ether oxygens (including phenoxy) is 4. The van der Waals surface area contributed by atoms with Crippen molar-refractivity contribution in [2.45, 2.75) is 63.9 Å². The van der Waals surface area contributed by atoms with E-state index in [0.29, 0.717) is 19.4 Å². The molecular formula is C16H27NO6. The molecule has 0 bridgehead atoms. The number of carbonyl (C=O) groups is 2. The van der Waals surface area contributed by atoms with Crippen LogP contribution in [0.5, 0.6) is 0 Å². The summed E-state index contributed by atoms with van der Waals surface area (Å²) >= 11 is 0.